The SMILES string of the molecule is CN=C(NCc1ccc(Cl)cc1Cl)NC(C)CCS(C)(=O)=O.I. The highest BCUT2D eigenvalue weighted by Gasteiger charge is 2.10. The summed E-state index contributed by atoms with van der Waals surface area (Å²) in [6, 6.07) is 5.29. The Morgan fingerprint density at radius 3 is 2.52 bits per heavy atom. The summed E-state index contributed by atoms with van der Waals surface area (Å²) in [7, 11) is -1.30. The van der Waals surface area contributed by atoms with Crippen LogP contribution in [-0.2, 0) is 16.4 Å². The molecule has 0 saturated heterocycles. The summed E-state index contributed by atoms with van der Waals surface area (Å²) in [5.74, 6) is 0.730. The molecular formula is C14H22Cl2IN3O2S. The number of rotatable bonds is 6. The van der Waals surface area contributed by atoms with Crippen LogP contribution in [0.1, 0.15) is 18.9 Å². The summed E-state index contributed by atoms with van der Waals surface area (Å²) in [6.45, 7) is 2.40. The molecule has 2 N–H and O–H groups in total. The molecule has 0 aliphatic carbocycles. The summed E-state index contributed by atoms with van der Waals surface area (Å²) in [4.78, 5) is 4.11. The molecule has 1 aromatic rings. The fourth-order valence-electron chi connectivity index (χ4n) is 1.74. The molecule has 132 valence electrons. The van der Waals surface area contributed by atoms with Crippen molar-refractivity contribution in [3.63, 3.8) is 0 Å². The summed E-state index contributed by atoms with van der Waals surface area (Å²) in [6.07, 6.45) is 1.75. The van der Waals surface area contributed by atoms with E-state index >= 15 is 0 Å². The van der Waals surface area contributed by atoms with Crippen molar-refractivity contribution in [2.75, 3.05) is 19.1 Å². The van der Waals surface area contributed by atoms with Crippen LogP contribution in [0.2, 0.25) is 10.0 Å². The first kappa shape index (κ1) is 22.8. The number of hydrogen-bond donors (Lipinski definition) is 2. The van der Waals surface area contributed by atoms with Gasteiger partial charge < -0.3 is 10.6 Å². The van der Waals surface area contributed by atoms with Crippen LogP contribution in [0.3, 0.4) is 0 Å². The van der Waals surface area contributed by atoms with Gasteiger partial charge in [0.15, 0.2) is 5.96 Å². The third-order valence-corrected chi connectivity index (χ3v) is 4.55. The van der Waals surface area contributed by atoms with E-state index in [0.717, 1.165) is 5.56 Å². The molecule has 0 bridgehead atoms. The van der Waals surface area contributed by atoms with Crippen LogP contribution in [0.15, 0.2) is 23.2 Å². The summed E-state index contributed by atoms with van der Waals surface area (Å²) in [5, 5.41) is 7.45. The van der Waals surface area contributed by atoms with Gasteiger partial charge in [-0.1, -0.05) is 29.3 Å². The summed E-state index contributed by atoms with van der Waals surface area (Å²) in [5.41, 5.74) is 0.901. The lowest BCUT2D eigenvalue weighted by Gasteiger charge is -2.18. The van der Waals surface area contributed by atoms with Crippen molar-refractivity contribution in [3.8, 4) is 0 Å². The minimum absolute atomic E-state index is 0. The largest absolute Gasteiger partial charge is 0.354 e. The maximum absolute atomic E-state index is 11.2. The number of benzene rings is 1. The first-order valence-electron chi connectivity index (χ1n) is 6.80. The lowest BCUT2D eigenvalue weighted by atomic mass is 10.2. The Labute approximate surface area is 165 Å². The lowest BCUT2D eigenvalue weighted by Crippen LogP contribution is -2.42. The monoisotopic (exact) mass is 493 g/mol. The van der Waals surface area contributed by atoms with E-state index < -0.39 is 9.84 Å². The molecule has 0 spiro atoms. The normalized spacial score (nSPS) is 13.2. The van der Waals surface area contributed by atoms with Gasteiger partial charge >= 0.3 is 0 Å². The Balaban J connectivity index is 0.00000484. The summed E-state index contributed by atoms with van der Waals surface area (Å²) >= 11 is 12.0. The third kappa shape index (κ3) is 9.59. The van der Waals surface area contributed by atoms with Crippen molar-refractivity contribution < 1.29 is 8.42 Å². The molecule has 0 aliphatic rings. The van der Waals surface area contributed by atoms with Crippen molar-refractivity contribution in [1.29, 1.82) is 0 Å². The van der Waals surface area contributed by atoms with E-state index in [1.807, 2.05) is 13.0 Å². The second kappa shape index (κ2) is 10.6. The van der Waals surface area contributed by atoms with E-state index in [2.05, 4.69) is 15.6 Å². The Bertz CT molecular complexity index is 639. The average molecular weight is 494 g/mol. The van der Waals surface area contributed by atoms with Gasteiger partial charge in [-0.3, -0.25) is 4.99 Å². The molecule has 0 amide bonds. The fourth-order valence-corrected chi connectivity index (χ4v) is 2.99. The van der Waals surface area contributed by atoms with Gasteiger partial charge in [0.25, 0.3) is 0 Å². The highest BCUT2D eigenvalue weighted by atomic mass is 127. The number of halogens is 3. The maximum atomic E-state index is 11.2. The predicted octanol–water partition coefficient (Wildman–Crippen LogP) is 3.10. The molecule has 1 atom stereocenters. The van der Waals surface area contributed by atoms with Crippen molar-refractivity contribution >= 4 is 63.0 Å². The number of nitrogens with one attached hydrogen (secondary N) is 2. The Kier molecular flexibility index (Phi) is 10.5. The van der Waals surface area contributed by atoms with Gasteiger partial charge in [0, 0.05) is 35.9 Å². The quantitative estimate of drug-likeness (QED) is 0.363. The van der Waals surface area contributed by atoms with Crippen molar-refractivity contribution in [1.82, 2.24) is 10.6 Å². The Hall–Kier alpha value is -0.250. The zero-order valence-electron chi connectivity index (χ0n) is 13.3. The lowest BCUT2D eigenvalue weighted by molar-refractivity contribution is 0.581. The van der Waals surface area contributed by atoms with E-state index in [-0.39, 0.29) is 35.8 Å². The molecule has 0 heterocycles. The van der Waals surface area contributed by atoms with Crippen molar-refractivity contribution in [3.05, 3.63) is 33.8 Å². The van der Waals surface area contributed by atoms with Gasteiger partial charge in [-0.05, 0) is 31.0 Å². The third-order valence-electron chi connectivity index (χ3n) is 2.99. The molecule has 5 nitrogen and oxygen atoms in total. The second-order valence-electron chi connectivity index (χ2n) is 5.13. The van der Waals surface area contributed by atoms with Crippen molar-refractivity contribution in [2.45, 2.75) is 25.9 Å². The van der Waals surface area contributed by atoms with Crippen LogP contribution < -0.4 is 10.6 Å². The fraction of sp³-hybridized carbons (Fsp3) is 0.500. The van der Waals surface area contributed by atoms with Gasteiger partial charge in [0.05, 0.1) is 5.75 Å². The molecule has 0 aromatic heterocycles. The van der Waals surface area contributed by atoms with Crippen molar-refractivity contribution in [2.24, 2.45) is 4.99 Å². The Morgan fingerprint density at radius 1 is 1.35 bits per heavy atom. The highest BCUT2D eigenvalue weighted by Crippen LogP contribution is 2.20. The number of sulfone groups is 1. The van der Waals surface area contributed by atoms with Crippen LogP contribution in [0.5, 0.6) is 0 Å². The first-order valence-corrected chi connectivity index (χ1v) is 9.61. The minimum Gasteiger partial charge on any atom is -0.354 e. The average Bonchev–Trinajstić information content (AvgIpc) is 2.42. The van der Waals surface area contributed by atoms with E-state index in [1.54, 1.807) is 19.2 Å². The number of aliphatic imine (C=N–C) groups is 1. The minimum atomic E-state index is -2.96. The van der Waals surface area contributed by atoms with Gasteiger partial charge in [0.1, 0.15) is 9.84 Å². The Morgan fingerprint density at radius 2 is 2.00 bits per heavy atom. The highest BCUT2D eigenvalue weighted by molar-refractivity contribution is 14.0. The second-order valence-corrected chi connectivity index (χ2v) is 8.23. The maximum Gasteiger partial charge on any atom is 0.191 e. The smallest absolute Gasteiger partial charge is 0.191 e. The zero-order chi connectivity index (χ0) is 16.8. The van der Waals surface area contributed by atoms with Crippen LogP contribution >= 0.6 is 47.2 Å². The van der Waals surface area contributed by atoms with Gasteiger partial charge in [-0.15, -0.1) is 24.0 Å². The molecule has 0 saturated carbocycles. The molecule has 1 unspecified atom stereocenters. The molecule has 1 aromatic carbocycles. The molecule has 0 fully saturated rings. The van der Waals surface area contributed by atoms with E-state index in [9.17, 15) is 8.42 Å². The molecule has 23 heavy (non-hydrogen) atoms. The topological polar surface area (TPSA) is 70.6 Å². The number of nitrogens with zero attached hydrogens (tertiary/aromatic N) is 1. The molecule has 0 aliphatic heterocycles. The predicted molar refractivity (Wildman–Crippen MR) is 109 cm³/mol. The summed E-state index contributed by atoms with van der Waals surface area (Å²) < 4.78 is 22.3. The van der Waals surface area contributed by atoms with Crippen LogP contribution in [0, 0.1) is 0 Å². The zero-order valence-corrected chi connectivity index (χ0v) is 17.9. The number of hydrogen-bond acceptors (Lipinski definition) is 3. The molecule has 0 radical (unpaired) electrons. The molecule has 9 heteroatoms. The van der Waals surface area contributed by atoms with Gasteiger partial charge in [0.2, 0.25) is 0 Å². The van der Waals surface area contributed by atoms with Crippen LogP contribution in [0.25, 0.3) is 0 Å². The van der Waals surface area contributed by atoms with E-state index in [4.69, 9.17) is 23.2 Å². The first-order chi connectivity index (χ1) is 10.2. The van der Waals surface area contributed by atoms with E-state index in [1.165, 1.54) is 6.26 Å². The number of guanidine groups is 1. The van der Waals surface area contributed by atoms with E-state index in [0.29, 0.717) is 29.0 Å². The van der Waals surface area contributed by atoms with Gasteiger partial charge in [-0.2, -0.15) is 0 Å². The van der Waals surface area contributed by atoms with Gasteiger partial charge in [-0.25, -0.2) is 8.42 Å². The molecular weight excluding hydrogens is 472 g/mol. The van der Waals surface area contributed by atoms with Crippen LogP contribution in [0.4, 0.5) is 0 Å². The standard InChI is InChI=1S/C14H21Cl2N3O2S.HI/c1-10(6-7-22(3,20)21)19-14(17-2)18-9-11-4-5-12(15)8-13(11)16;/h4-5,8,10H,6-7,9H2,1-3H3,(H2,17,18,19);1H. The van der Waals surface area contributed by atoms with Crippen LogP contribution in [-0.4, -0.2) is 39.5 Å². The molecule has 1 rings (SSSR count).